The molecule has 154 valence electrons. The van der Waals surface area contributed by atoms with Gasteiger partial charge in [-0.05, 0) is 36.2 Å². The molecule has 0 aromatic heterocycles. The summed E-state index contributed by atoms with van der Waals surface area (Å²) in [6, 6.07) is 12.4. The van der Waals surface area contributed by atoms with Crippen molar-refractivity contribution >= 4 is 29.3 Å². The van der Waals surface area contributed by atoms with Crippen LogP contribution in [0.1, 0.15) is 41.0 Å². The van der Waals surface area contributed by atoms with E-state index in [0.29, 0.717) is 22.8 Å². The standard InChI is InChI=1S/C21H24ClN3O4/c1-4-13(2)18(23-19(26)14-8-6-5-7-9-14)21(28)25-24-20(27)16-12-15(22)10-11-17(16)29-3/h5-13,18H,4H2,1-3H3,(H,23,26)(H,24,27)(H,25,28)/t13-,18-/m0/s1. The van der Waals surface area contributed by atoms with Crippen LogP contribution in [-0.4, -0.2) is 30.9 Å². The van der Waals surface area contributed by atoms with Gasteiger partial charge in [-0.2, -0.15) is 0 Å². The molecule has 29 heavy (non-hydrogen) atoms. The lowest BCUT2D eigenvalue weighted by Crippen LogP contribution is -2.54. The molecule has 2 atom stereocenters. The first-order valence-corrected chi connectivity index (χ1v) is 9.54. The van der Waals surface area contributed by atoms with Crippen molar-refractivity contribution in [2.24, 2.45) is 5.92 Å². The largest absolute Gasteiger partial charge is 0.496 e. The molecule has 2 rings (SSSR count). The molecule has 0 spiro atoms. The van der Waals surface area contributed by atoms with Gasteiger partial charge in [0.15, 0.2) is 0 Å². The molecule has 0 saturated heterocycles. The molecule has 3 N–H and O–H groups in total. The van der Waals surface area contributed by atoms with E-state index in [1.54, 1.807) is 42.5 Å². The van der Waals surface area contributed by atoms with Crippen LogP contribution in [-0.2, 0) is 4.79 Å². The molecule has 8 heteroatoms. The van der Waals surface area contributed by atoms with Gasteiger partial charge in [-0.25, -0.2) is 0 Å². The van der Waals surface area contributed by atoms with Crippen LogP contribution in [0, 0.1) is 5.92 Å². The van der Waals surface area contributed by atoms with Crippen LogP contribution in [0.3, 0.4) is 0 Å². The normalized spacial score (nSPS) is 12.4. The Balaban J connectivity index is 2.07. The fourth-order valence-corrected chi connectivity index (χ4v) is 2.81. The first kappa shape index (κ1) is 22.2. The Labute approximate surface area is 174 Å². The van der Waals surface area contributed by atoms with Crippen LogP contribution < -0.4 is 20.9 Å². The highest BCUT2D eigenvalue weighted by Crippen LogP contribution is 2.22. The number of benzene rings is 2. The predicted octanol–water partition coefficient (Wildman–Crippen LogP) is 2.95. The number of ether oxygens (including phenoxy) is 1. The van der Waals surface area contributed by atoms with Gasteiger partial charge >= 0.3 is 0 Å². The highest BCUT2D eigenvalue weighted by Gasteiger charge is 2.27. The van der Waals surface area contributed by atoms with Gasteiger partial charge in [-0.15, -0.1) is 0 Å². The average molecular weight is 418 g/mol. The van der Waals surface area contributed by atoms with Crippen molar-refractivity contribution in [2.75, 3.05) is 7.11 Å². The van der Waals surface area contributed by atoms with Crippen LogP contribution >= 0.6 is 11.6 Å². The van der Waals surface area contributed by atoms with Gasteiger partial charge in [0.1, 0.15) is 11.8 Å². The number of carbonyl (C=O) groups is 3. The van der Waals surface area contributed by atoms with Crippen molar-refractivity contribution in [3.8, 4) is 5.75 Å². The number of hydrazine groups is 1. The number of methoxy groups -OCH3 is 1. The minimum Gasteiger partial charge on any atom is -0.496 e. The quantitative estimate of drug-likeness (QED) is 0.603. The second kappa shape index (κ2) is 10.5. The van der Waals surface area contributed by atoms with E-state index in [1.165, 1.54) is 13.2 Å². The number of hydrogen-bond donors (Lipinski definition) is 3. The first-order valence-electron chi connectivity index (χ1n) is 9.17. The van der Waals surface area contributed by atoms with Crippen molar-refractivity contribution in [3.05, 3.63) is 64.7 Å². The van der Waals surface area contributed by atoms with Crippen LogP contribution in [0.2, 0.25) is 5.02 Å². The van der Waals surface area contributed by atoms with Gasteiger partial charge in [0.2, 0.25) is 0 Å². The summed E-state index contributed by atoms with van der Waals surface area (Å²) in [5.74, 6) is -1.32. The van der Waals surface area contributed by atoms with E-state index in [2.05, 4.69) is 16.2 Å². The van der Waals surface area contributed by atoms with Gasteiger partial charge in [0.05, 0.1) is 12.7 Å². The summed E-state index contributed by atoms with van der Waals surface area (Å²) in [5.41, 5.74) is 5.34. The maximum atomic E-state index is 12.7. The molecule has 3 amide bonds. The summed E-state index contributed by atoms with van der Waals surface area (Å²) in [6.07, 6.45) is 0.656. The maximum absolute atomic E-state index is 12.7. The third-order valence-electron chi connectivity index (χ3n) is 4.52. The lowest BCUT2D eigenvalue weighted by atomic mass is 9.98. The molecule has 0 bridgehead atoms. The van der Waals surface area contributed by atoms with Crippen LogP contribution in [0.4, 0.5) is 0 Å². The summed E-state index contributed by atoms with van der Waals surface area (Å²) in [5, 5.41) is 3.09. The van der Waals surface area contributed by atoms with Gasteiger partial charge < -0.3 is 10.1 Å². The maximum Gasteiger partial charge on any atom is 0.273 e. The number of nitrogens with one attached hydrogen (secondary N) is 3. The lowest BCUT2D eigenvalue weighted by molar-refractivity contribution is -0.124. The summed E-state index contributed by atoms with van der Waals surface area (Å²) in [7, 11) is 1.43. The van der Waals surface area contributed by atoms with E-state index >= 15 is 0 Å². The van der Waals surface area contributed by atoms with E-state index < -0.39 is 17.9 Å². The van der Waals surface area contributed by atoms with Crippen LogP contribution in [0.5, 0.6) is 5.75 Å². The smallest absolute Gasteiger partial charge is 0.273 e. The SMILES string of the molecule is CC[C@H](C)[C@H](NC(=O)c1ccccc1)C(=O)NNC(=O)c1cc(Cl)ccc1OC. The van der Waals surface area contributed by atoms with E-state index in [0.717, 1.165) is 0 Å². The van der Waals surface area contributed by atoms with Crippen molar-refractivity contribution in [1.29, 1.82) is 0 Å². The highest BCUT2D eigenvalue weighted by atomic mass is 35.5. The topological polar surface area (TPSA) is 96.5 Å². The lowest BCUT2D eigenvalue weighted by Gasteiger charge is -2.23. The van der Waals surface area contributed by atoms with Gasteiger partial charge in [-0.1, -0.05) is 50.1 Å². The van der Waals surface area contributed by atoms with E-state index in [9.17, 15) is 14.4 Å². The van der Waals surface area contributed by atoms with Crippen molar-refractivity contribution in [3.63, 3.8) is 0 Å². The van der Waals surface area contributed by atoms with Gasteiger partial charge in [0.25, 0.3) is 17.7 Å². The van der Waals surface area contributed by atoms with Crippen molar-refractivity contribution < 1.29 is 19.1 Å². The molecule has 0 saturated carbocycles. The molecule has 0 unspecified atom stereocenters. The molecule has 0 aliphatic heterocycles. The summed E-state index contributed by atoms with van der Waals surface area (Å²) < 4.78 is 5.14. The molecule has 0 radical (unpaired) electrons. The Morgan fingerprint density at radius 3 is 2.34 bits per heavy atom. The Hall–Kier alpha value is -3.06. The highest BCUT2D eigenvalue weighted by molar-refractivity contribution is 6.31. The summed E-state index contributed by atoms with van der Waals surface area (Å²) in [4.78, 5) is 37.6. The van der Waals surface area contributed by atoms with E-state index in [4.69, 9.17) is 16.3 Å². The third-order valence-corrected chi connectivity index (χ3v) is 4.76. The molecular weight excluding hydrogens is 394 g/mol. The molecular formula is C21H24ClN3O4. The minimum absolute atomic E-state index is 0.153. The van der Waals surface area contributed by atoms with E-state index in [-0.39, 0.29) is 17.4 Å². The Morgan fingerprint density at radius 1 is 1.03 bits per heavy atom. The number of rotatable bonds is 7. The Bertz CT molecular complexity index is 873. The predicted molar refractivity (Wildman–Crippen MR) is 111 cm³/mol. The summed E-state index contributed by atoms with van der Waals surface area (Å²) >= 11 is 5.94. The van der Waals surface area contributed by atoms with Crippen LogP contribution in [0.25, 0.3) is 0 Å². The third kappa shape index (κ3) is 5.96. The fraction of sp³-hybridized carbons (Fsp3) is 0.286. The van der Waals surface area contributed by atoms with Crippen molar-refractivity contribution in [2.45, 2.75) is 26.3 Å². The minimum atomic E-state index is -0.825. The van der Waals surface area contributed by atoms with Gasteiger partial charge in [0, 0.05) is 10.6 Å². The number of halogens is 1. The molecule has 2 aromatic carbocycles. The fourth-order valence-electron chi connectivity index (χ4n) is 2.64. The number of carbonyl (C=O) groups excluding carboxylic acids is 3. The molecule has 0 aliphatic carbocycles. The zero-order valence-electron chi connectivity index (χ0n) is 16.5. The summed E-state index contributed by atoms with van der Waals surface area (Å²) in [6.45, 7) is 3.76. The number of hydrogen-bond acceptors (Lipinski definition) is 4. The molecule has 0 heterocycles. The van der Waals surface area contributed by atoms with Crippen LogP contribution in [0.15, 0.2) is 48.5 Å². The Morgan fingerprint density at radius 2 is 1.72 bits per heavy atom. The first-order chi connectivity index (χ1) is 13.9. The van der Waals surface area contributed by atoms with Crippen molar-refractivity contribution in [1.82, 2.24) is 16.2 Å². The second-order valence-corrected chi connectivity index (χ2v) is 6.93. The van der Waals surface area contributed by atoms with E-state index in [1.807, 2.05) is 13.8 Å². The zero-order valence-corrected chi connectivity index (χ0v) is 17.2. The zero-order chi connectivity index (χ0) is 21.4. The monoisotopic (exact) mass is 417 g/mol. The molecule has 0 fully saturated rings. The molecule has 7 nitrogen and oxygen atoms in total. The molecule has 0 aliphatic rings. The molecule has 2 aromatic rings. The second-order valence-electron chi connectivity index (χ2n) is 6.49. The average Bonchev–Trinajstić information content (AvgIpc) is 2.75. The number of amides is 3. The van der Waals surface area contributed by atoms with Gasteiger partial charge in [-0.3, -0.25) is 25.2 Å². The Kier molecular flexibility index (Phi) is 8.03.